The lowest BCUT2D eigenvalue weighted by molar-refractivity contribution is 0.0822. The molecule has 2 heterocycles. The van der Waals surface area contributed by atoms with Gasteiger partial charge >= 0.3 is 6.01 Å². The van der Waals surface area contributed by atoms with Gasteiger partial charge in [-0.1, -0.05) is 25.1 Å². The van der Waals surface area contributed by atoms with Crippen LogP contribution in [0.25, 0.3) is 0 Å². The van der Waals surface area contributed by atoms with Gasteiger partial charge < -0.3 is 19.1 Å². The molecule has 1 aliphatic heterocycles. The van der Waals surface area contributed by atoms with Gasteiger partial charge in [-0.15, -0.1) is 0 Å². The first kappa shape index (κ1) is 22.7. The van der Waals surface area contributed by atoms with E-state index < -0.39 is 5.82 Å². The van der Waals surface area contributed by atoms with E-state index in [1.807, 2.05) is 0 Å². The van der Waals surface area contributed by atoms with Crippen molar-refractivity contribution in [3.63, 3.8) is 0 Å². The third-order valence-corrected chi connectivity index (χ3v) is 6.61. The number of rotatable bonds is 8. The van der Waals surface area contributed by atoms with Crippen LogP contribution in [0.1, 0.15) is 60.8 Å². The molecule has 0 bridgehead atoms. The quantitative estimate of drug-likeness (QED) is 0.610. The molecule has 1 aliphatic carbocycles. The molecule has 2 fully saturated rings. The van der Waals surface area contributed by atoms with Crippen LogP contribution in [0.3, 0.4) is 0 Å². The molecule has 1 saturated carbocycles. The van der Waals surface area contributed by atoms with Crippen LogP contribution in [0.15, 0.2) is 22.7 Å². The maximum atomic E-state index is 14.2. The Morgan fingerprint density at radius 1 is 1.31 bits per heavy atom. The summed E-state index contributed by atoms with van der Waals surface area (Å²) in [5.74, 6) is 2.21. The van der Waals surface area contributed by atoms with Crippen LogP contribution < -0.4 is 4.90 Å². The van der Waals surface area contributed by atoms with Gasteiger partial charge in [0.25, 0.3) is 5.91 Å². The molecule has 7 nitrogen and oxygen atoms in total. The highest BCUT2D eigenvalue weighted by Crippen LogP contribution is 2.48. The van der Waals surface area contributed by atoms with Crippen molar-refractivity contribution in [1.82, 2.24) is 15.0 Å². The van der Waals surface area contributed by atoms with Crippen molar-refractivity contribution >= 4 is 11.9 Å². The predicted molar refractivity (Wildman–Crippen MR) is 119 cm³/mol. The SMILES string of the molecule is CC(C)c1noc(N2CCC([C@H]3C[C@H]3COCc3ccc(C(=O)N(C)C)c(F)c3)CC2)n1. The third kappa shape index (κ3) is 5.11. The average Bonchev–Trinajstić information content (AvgIpc) is 3.36. The smallest absolute Gasteiger partial charge is 0.324 e. The van der Waals surface area contributed by atoms with E-state index in [1.165, 1.54) is 23.5 Å². The Morgan fingerprint density at radius 2 is 2.06 bits per heavy atom. The second-order valence-electron chi connectivity index (χ2n) is 9.60. The molecule has 2 aliphatic rings. The van der Waals surface area contributed by atoms with Crippen molar-refractivity contribution in [2.45, 2.75) is 45.6 Å². The first-order chi connectivity index (χ1) is 15.3. The molecule has 4 rings (SSSR count). The monoisotopic (exact) mass is 444 g/mol. The Morgan fingerprint density at radius 3 is 2.69 bits per heavy atom. The highest BCUT2D eigenvalue weighted by molar-refractivity contribution is 5.94. The Kier molecular flexibility index (Phi) is 6.79. The summed E-state index contributed by atoms with van der Waals surface area (Å²) in [5, 5.41) is 4.07. The van der Waals surface area contributed by atoms with Crippen molar-refractivity contribution in [2.24, 2.45) is 17.8 Å². The molecule has 0 N–H and O–H groups in total. The van der Waals surface area contributed by atoms with Crippen molar-refractivity contribution in [3.05, 3.63) is 41.0 Å². The van der Waals surface area contributed by atoms with Crippen LogP contribution in [0.4, 0.5) is 10.4 Å². The number of nitrogens with zero attached hydrogens (tertiary/aromatic N) is 4. The van der Waals surface area contributed by atoms with Gasteiger partial charge in [-0.25, -0.2) is 4.39 Å². The first-order valence-corrected chi connectivity index (χ1v) is 11.5. The molecule has 0 unspecified atom stereocenters. The van der Waals surface area contributed by atoms with Crippen LogP contribution in [0.2, 0.25) is 0 Å². The van der Waals surface area contributed by atoms with Gasteiger partial charge in [0.15, 0.2) is 5.82 Å². The highest BCUT2D eigenvalue weighted by Gasteiger charge is 2.43. The number of hydrogen-bond donors (Lipinski definition) is 0. The lowest BCUT2D eigenvalue weighted by atomic mass is 9.91. The van der Waals surface area contributed by atoms with E-state index in [-0.39, 0.29) is 17.4 Å². The number of ether oxygens (including phenoxy) is 1. The fourth-order valence-electron chi connectivity index (χ4n) is 4.54. The summed E-state index contributed by atoms with van der Waals surface area (Å²) in [6, 6.07) is 5.35. The van der Waals surface area contributed by atoms with E-state index in [1.54, 1.807) is 20.2 Å². The maximum Gasteiger partial charge on any atom is 0.324 e. The lowest BCUT2D eigenvalue weighted by Gasteiger charge is -2.30. The molecule has 32 heavy (non-hydrogen) atoms. The van der Waals surface area contributed by atoms with Crippen molar-refractivity contribution < 1.29 is 18.4 Å². The summed E-state index contributed by atoms with van der Waals surface area (Å²) in [4.78, 5) is 20.0. The van der Waals surface area contributed by atoms with Crippen LogP contribution in [0.5, 0.6) is 0 Å². The maximum absolute atomic E-state index is 14.2. The second-order valence-corrected chi connectivity index (χ2v) is 9.60. The molecule has 2 aromatic rings. The molecule has 1 saturated heterocycles. The molecule has 1 amide bonds. The van der Waals surface area contributed by atoms with Crippen molar-refractivity contribution in [2.75, 3.05) is 38.7 Å². The second kappa shape index (κ2) is 9.57. The summed E-state index contributed by atoms with van der Waals surface area (Å²) in [6.45, 7) is 7.09. The van der Waals surface area contributed by atoms with E-state index in [0.717, 1.165) is 37.3 Å². The Labute approximate surface area is 188 Å². The Balaban J connectivity index is 1.19. The molecule has 174 valence electrons. The average molecular weight is 445 g/mol. The normalized spacial score (nSPS) is 21.2. The zero-order chi connectivity index (χ0) is 22.8. The van der Waals surface area contributed by atoms with E-state index in [4.69, 9.17) is 9.26 Å². The molecule has 0 spiro atoms. The molecular weight excluding hydrogens is 411 g/mol. The Bertz CT molecular complexity index is 937. The third-order valence-electron chi connectivity index (χ3n) is 6.61. The van der Waals surface area contributed by atoms with E-state index in [9.17, 15) is 9.18 Å². The van der Waals surface area contributed by atoms with Crippen LogP contribution in [0, 0.1) is 23.6 Å². The van der Waals surface area contributed by atoms with Gasteiger partial charge in [-0.2, -0.15) is 4.98 Å². The van der Waals surface area contributed by atoms with Gasteiger partial charge in [-0.05, 0) is 54.7 Å². The summed E-state index contributed by atoms with van der Waals surface area (Å²) in [6.07, 6.45) is 3.47. The van der Waals surface area contributed by atoms with E-state index in [2.05, 4.69) is 28.9 Å². The predicted octanol–water partition coefficient (Wildman–Crippen LogP) is 4.10. The number of piperidine rings is 1. The first-order valence-electron chi connectivity index (χ1n) is 11.5. The fourth-order valence-corrected chi connectivity index (χ4v) is 4.54. The number of halogens is 1. The van der Waals surface area contributed by atoms with Crippen LogP contribution in [-0.2, 0) is 11.3 Å². The number of aromatic nitrogens is 2. The van der Waals surface area contributed by atoms with Crippen molar-refractivity contribution in [1.29, 1.82) is 0 Å². The minimum absolute atomic E-state index is 0.0910. The largest absolute Gasteiger partial charge is 0.376 e. The topological polar surface area (TPSA) is 71.7 Å². The zero-order valence-electron chi connectivity index (χ0n) is 19.4. The van der Waals surface area contributed by atoms with Crippen LogP contribution >= 0.6 is 0 Å². The van der Waals surface area contributed by atoms with Gasteiger partial charge in [0.2, 0.25) is 0 Å². The van der Waals surface area contributed by atoms with E-state index in [0.29, 0.717) is 37.0 Å². The number of anilines is 1. The molecule has 2 atom stereocenters. The molecule has 1 aromatic heterocycles. The standard InChI is InChI=1S/C24H33FN4O3/c1-15(2)22-26-24(32-27-22)29-9-7-17(8-10-29)20-12-18(20)14-31-13-16-5-6-19(21(25)11-16)23(30)28(3)4/h5-6,11,15,17-18,20H,7-10,12-14H2,1-4H3/t18-,20+/m0/s1. The summed E-state index contributed by atoms with van der Waals surface area (Å²) in [7, 11) is 3.23. The Hall–Kier alpha value is -2.48. The number of carbonyl (C=O) groups is 1. The molecule has 1 aromatic carbocycles. The summed E-state index contributed by atoms with van der Waals surface area (Å²) >= 11 is 0. The number of carbonyl (C=O) groups excluding carboxylic acids is 1. The van der Waals surface area contributed by atoms with Crippen LogP contribution in [-0.4, -0.2) is 54.7 Å². The van der Waals surface area contributed by atoms with E-state index >= 15 is 0 Å². The minimum Gasteiger partial charge on any atom is -0.376 e. The minimum atomic E-state index is -0.498. The highest BCUT2D eigenvalue weighted by atomic mass is 19.1. The van der Waals surface area contributed by atoms with Crippen molar-refractivity contribution in [3.8, 4) is 0 Å². The van der Waals surface area contributed by atoms with Gasteiger partial charge in [0, 0.05) is 33.1 Å². The summed E-state index contributed by atoms with van der Waals surface area (Å²) < 4.78 is 25.5. The molecule has 8 heteroatoms. The fraction of sp³-hybridized carbons (Fsp3) is 0.625. The lowest BCUT2D eigenvalue weighted by Crippen LogP contribution is -2.34. The van der Waals surface area contributed by atoms with Gasteiger partial charge in [0.1, 0.15) is 5.82 Å². The zero-order valence-corrected chi connectivity index (χ0v) is 19.4. The van der Waals surface area contributed by atoms with Gasteiger partial charge in [-0.3, -0.25) is 4.79 Å². The number of benzene rings is 1. The van der Waals surface area contributed by atoms with Gasteiger partial charge in [0.05, 0.1) is 18.8 Å². The molecular formula is C24H33FN4O3. The summed E-state index contributed by atoms with van der Waals surface area (Å²) in [5.41, 5.74) is 0.844. The number of amides is 1. The molecule has 0 radical (unpaired) electrons. The number of hydrogen-bond acceptors (Lipinski definition) is 6.